The predicted octanol–water partition coefficient (Wildman–Crippen LogP) is 5.55. The Morgan fingerprint density at radius 3 is 2.53 bits per heavy atom. The Bertz CT molecular complexity index is 1010. The van der Waals surface area contributed by atoms with Crippen LogP contribution >= 0.6 is 0 Å². The maximum atomic E-state index is 12.5. The van der Waals surface area contributed by atoms with Gasteiger partial charge in [-0.15, -0.1) is 0 Å². The van der Waals surface area contributed by atoms with Crippen molar-refractivity contribution in [3.63, 3.8) is 0 Å². The number of nitrogens with one attached hydrogen (secondary N) is 1. The van der Waals surface area contributed by atoms with Gasteiger partial charge in [0, 0.05) is 6.42 Å². The Labute approximate surface area is 228 Å². The van der Waals surface area contributed by atoms with Gasteiger partial charge in [-0.25, -0.2) is 5.43 Å². The van der Waals surface area contributed by atoms with Crippen molar-refractivity contribution in [3.05, 3.63) is 29.8 Å². The minimum absolute atomic E-state index is 0.0359. The summed E-state index contributed by atoms with van der Waals surface area (Å²) in [4.78, 5) is 12.5. The van der Waals surface area contributed by atoms with E-state index < -0.39 is 0 Å². The van der Waals surface area contributed by atoms with Gasteiger partial charge >= 0.3 is 0 Å². The van der Waals surface area contributed by atoms with Gasteiger partial charge in [-0.1, -0.05) is 20.8 Å². The fourth-order valence-electron chi connectivity index (χ4n) is 9.66. The highest BCUT2D eigenvalue weighted by atomic mass is 16.5. The van der Waals surface area contributed by atoms with Crippen LogP contribution in [0.4, 0.5) is 0 Å². The molecule has 1 aromatic rings. The third-order valence-corrected chi connectivity index (χ3v) is 11.8. The van der Waals surface area contributed by atoms with Crippen LogP contribution in [-0.2, 0) is 4.79 Å². The summed E-state index contributed by atoms with van der Waals surface area (Å²) in [5.74, 6) is 3.79. The first-order valence-electron chi connectivity index (χ1n) is 15.0. The molecule has 4 fully saturated rings. The maximum absolute atomic E-state index is 12.5. The number of carbonyl (C=O) groups excluding carboxylic acids is 1. The molecule has 10 atom stereocenters. The molecular formula is C32H48N2O4. The van der Waals surface area contributed by atoms with E-state index in [9.17, 15) is 15.0 Å². The van der Waals surface area contributed by atoms with E-state index >= 15 is 0 Å². The molecule has 0 radical (unpaired) electrons. The number of ether oxygens (including phenoxy) is 1. The summed E-state index contributed by atoms with van der Waals surface area (Å²) in [5, 5.41) is 25.9. The monoisotopic (exact) mass is 524 g/mol. The van der Waals surface area contributed by atoms with Gasteiger partial charge in [0.25, 0.3) is 0 Å². The van der Waals surface area contributed by atoms with Gasteiger partial charge in [0.2, 0.25) is 5.91 Å². The molecule has 3 N–H and O–H groups in total. The van der Waals surface area contributed by atoms with Crippen molar-refractivity contribution in [1.82, 2.24) is 5.43 Å². The fourth-order valence-corrected chi connectivity index (χ4v) is 9.66. The molecule has 6 heteroatoms. The first-order valence-corrected chi connectivity index (χ1v) is 15.0. The number of methoxy groups -OCH3 is 1. The number of aliphatic hydroxyl groups excluding tert-OH is 2. The Balaban J connectivity index is 1.17. The predicted molar refractivity (Wildman–Crippen MR) is 150 cm³/mol. The normalized spacial score (nSPS) is 41.2. The van der Waals surface area contributed by atoms with Crippen molar-refractivity contribution >= 4 is 12.1 Å². The largest absolute Gasteiger partial charge is 0.497 e. The van der Waals surface area contributed by atoms with E-state index in [4.69, 9.17) is 4.74 Å². The second kappa shape index (κ2) is 10.9. The van der Waals surface area contributed by atoms with Crippen LogP contribution in [0.15, 0.2) is 29.4 Å². The summed E-state index contributed by atoms with van der Waals surface area (Å²) in [6.07, 6.45) is 11.2. The van der Waals surface area contributed by atoms with Crippen LogP contribution in [0.25, 0.3) is 0 Å². The van der Waals surface area contributed by atoms with E-state index in [-0.39, 0.29) is 28.9 Å². The van der Waals surface area contributed by atoms with Crippen LogP contribution in [-0.4, -0.2) is 41.7 Å². The lowest BCUT2D eigenvalue weighted by molar-refractivity contribution is -0.174. The number of benzene rings is 1. The number of fused-ring (bicyclic) bond motifs is 5. The number of hydrogen-bond acceptors (Lipinski definition) is 5. The van der Waals surface area contributed by atoms with Gasteiger partial charge in [0.05, 0.1) is 25.5 Å². The summed E-state index contributed by atoms with van der Waals surface area (Å²) in [5.41, 5.74) is 4.11. The second-order valence-corrected chi connectivity index (χ2v) is 13.5. The highest BCUT2D eigenvalue weighted by Gasteiger charge is 2.62. The molecule has 0 spiro atoms. The molecule has 0 heterocycles. The van der Waals surface area contributed by atoms with Crippen LogP contribution in [0, 0.1) is 46.3 Å². The number of nitrogens with zero attached hydrogens (tertiary/aromatic N) is 1. The van der Waals surface area contributed by atoms with Crippen LogP contribution in [0.2, 0.25) is 0 Å². The minimum Gasteiger partial charge on any atom is -0.497 e. The summed E-state index contributed by atoms with van der Waals surface area (Å²) < 4.78 is 5.17. The van der Waals surface area contributed by atoms with Gasteiger partial charge in [0.1, 0.15) is 5.75 Å². The SMILES string of the molecule is COc1ccc(/C=N/NC(=O)CCC(C)C2CCC3C4C(O)CC5CC(O)CCC5(C)C4CCC23C)cc1. The van der Waals surface area contributed by atoms with E-state index in [0.29, 0.717) is 41.9 Å². The van der Waals surface area contributed by atoms with Crippen molar-refractivity contribution in [2.75, 3.05) is 7.11 Å². The number of hydrogen-bond donors (Lipinski definition) is 3. The number of hydrazone groups is 1. The van der Waals surface area contributed by atoms with Gasteiger partial charge in [-0.05, 0) is 134 Å². The highest BCUT2D eigenvalue weighted by molar-refractivity contribution is 5.82. The third kappa shape index (κ3) is 5.03. The van der Waals surface area contributed by atoms with Crippen molar-refractivity contribution in [2.24, 2.45) is 51.4 Å². The fraction of sp³-hybridized carbons (Fsp3) is 0.750. The number of aliphatic hydroxyl groups is 2. The second-order valence-electron chi connectivity index (χ2n) is 13.5. The topological polar surface area (TPSA) is 91.2 Å². The van der Waals surface area contributed by atoms with E-state index in [0.717, 1.165) is 43.4 Å². The average Bonchev–Trinajstić information content (AvgIpc) is 3.26. The first kappa shape index (κ1) is 27.6. The molecule has 0 bridgehead atoms. The number of carbonyl (C=O) groups is 1. The molecule has 38 heavy (non-hydrogen) atoms. The smallest absolute Gasteiger partial charge is 0.240 e. The van der Waals surface area contributed by atoms with Crippen molar-refractivity contribution in [1.29, 1.82) is 0 Å². The molecule has 4 aliphatic rings. The Morgan fingerprint density at radius 2 is 1.79 bits per heavy atom. The molecule has 4 aliphatic carbocycles. The lowest BCUT2D eigenvalue weighted by Gasteiger charge is -2.62. The van der Waals surface area contributed by atoms with Crippen LogP contribution in [0.3, 0.4) is 0 Å². The lowest BCUT2D eigenvalue weighted by Crippen LogP contribution is -2.58. The molecule has 4 saturated carbocycles. The number of rotatable bonds is 7. The standard InChI is InChI=1S/C32H48N2O4/c1-20(5-12-29(37)34-33-19-21-6-8-24(38-4)9-7-21)25-10-11-26-30-27(14-16-32(25,26)3)31(2)15-13-23(35)17-22(31)18-28(30)36/h6-9,19-20,22-23,25-28,30,35-36H,5,10-18H2,1-4H3,(H,34,37)/b33-19+. The Kier molecular flexibility index (Phi) is 7.94. The summed E-state index contributed by atoms with van der Waals surface area (Å²) in [7, 11) is 1.64. The first-order chi connectivity index (χ1) is 18.2. The molecule has 6 nitrogen and oxygen atoms in total. The zero-order valence-electron chi connectivity index (χ0n) is 23.7. The van der Waals surface area contributed by atoms with Crippen molar-refractivity contribution in [2.45, 2.75) is 97.2 Å². The van der Waals surface area contributed by atoms with E-state index in [1.807, 2.05) is 24.3 Å². The highest BCUT2D eigenvalue weighted by Crippen LogP contribution is 2.68. The van der Waals surface area contributed by atoms with Crippen LogP contribution < -0.4 is 10.2 Å². The maximum Gasteiger partial charge on any atom is 0.240 e. The number of amides is 1. The average molecular weight is 525 g/mol. The quantitative estimate of drug-likeness (QED) is 0.322. The molecule has 210 valence electrons. The minimum atomic E-state index is -0.239. The zero-order chi connectivity index (χ0) is 27.1. The van der Waals surface area contributed by atoms with E-state index in [1.165, 1.54) is 25.7 Å². The van der Waals surface area contributed by atoms with Crippen molar-refractivity contribution < 1.29 is 19.7 Å². The summed E-state index contributed by atoms with van der Waals surface area (Å²) in [6, 6.07) is 7.56. The van der Waals surface area contributed by atoms with Gasteiger partial charge < -0.3 is 14.9 Å². The van der Waals surface area contributed by atoms with Gasteiger partial charge in [-0.3, -0.25) is 4.79 Å². The lowest BCUT2D eigenvalue weighted by atomic mass is 9.43. The molecule has 0 aliphatic heterocycles. The van der Waals surface area contributed by atoms with Crippen LogP contribution in [0.1, 0.15) is 90.5 Å². The van der Waals surface area contributed by atoms with Crippen molar-refractivity contribution in [3.8, 4) is 5.75 Å². The van der Waals surface area contributed by atoms with Gasteiger partial charge in [0.15, 0.2) is 0 Å². The Morgan fingerprint density at radius 1 is 1.08 bits per heavy atom. The molecule has 5 rings (SSSR count). The zero-order valence-corrected chi connectivity index (χ0v) is 23.7. The molecule has 0 saturated heterocycles. The van der Waals surface area contributed by atoms with Gasteiger partial charge in [-0.2, -0.15) is 5.10 Å². The summed E-state index contributed by atoms with van der Waals surface area (Å²) in [6.45, 7) is 7.29. The van der Waals surface area contributed by atoms with E-state index in [2.05, 4.69) is 31.3 Å². The molecule has 0 aromatic heterocycles. The van der Waals surface area contributed by atoms with Crippen LogP contribution in [0.5, 0.6) is 5.75 Å². The Hall–Kier alpha value is -1.92. The summed E-state index contributed by atoms with van der Waals surface area (Å²) >= 11 is 0. The molecule has 10 unspecified atom stereocenters. The molecule has 1 aromatic carbocycles. The third-order valence-electron chi connectivity index (χ3n) is 11.8. The van der Waals surface area contributed by atoms with E-state index in [1.54, 1.807) is 13.3 Å². The molecular weight excluding hydrogens is 476 g/mol. The molecule has 1 amide bonds.